The van der Waals surface area contributed by atoms with Gasteiger partial charge >= 0.3 is 0 Å². The van der Waals surface area contributed by atoms with Crippen LogP contribution in [-0.4, -0.2) is 71.0 Å². The Balaban J connectivity index is 1.83. The molecule has 4 heteroatoms. The minimum absolute atomic E-state index is 0.222. The number of carbonyl (C=O) groups is 1. The van der Waals surface area contributed by atoms with E-state index in [1.807, 2.05) is 7.05 Å². The molecule has 2 heterocycles. The summed E-state index contributed by atoms with van der Waals surface area (Å²) in [6.45, 7) is 18.0. The van der Waals surface area contributed by atoms with E-state index in [9.17, 15) is 4.79 Å². The molecule has 0 aliphatic carbocycles. The Labute approximate surface area is 149 Å². The number of nitrogens with zero attached hydrogens (tertiary/aromatic N) is 3. The standard InChI is InChI=1S/C20H39N3O/c1-19(2,3)22-12-8-16(9-13-22)18(24)21(7)17-10-14-23(15-11-17)20(4,5)6/h16-17H,8-15H2,1-7H3. The normalized spacial score (nSPS) is 23.5. The van der Waals surface area contributed by atoms with Crippen molar-refractivity contribution >= 4 is 5.91 Å². The third kappa shape index (κ3) is 4.72. The Kier molecular flexibility index (Phi) is 6.02. The van der Waals surface area contributed by atoms with Gasteiger partial charge in [0.25, 0.3) is 0 Å². The van der Waals surface area contributed by atoms with E-state index in [1.54, 1.807) is 0 Å². The molecule has 0 aromatic heterocycles. The predicted octanol–water partition coefficient (Wildman–Crippen LogP) is 3.22. The van der Waals surface area contributed by atoms with Gasteiger partial charge in [-0.25, -0.2) is 0 Å². The van der Waals surface area contributed by atoms with Crippen LogP contribution in [0.25, 0.3) is 0 Å². The largest absolute Gasteiger partial charge is 0.342 e. The third-order valence-corrected chi connectivity index (χ3v) is 6.10. The second-order valence-corrected chi connectivity index (χ2v) is 9.77. The van der Waals surface area contributed by atoms with Gasteiger partial charge in [-0.15, -0.1) is 0 Å². The van der Waals surface area contributed by atoms with Crippen molar-refractivity contribution in [1.82, 2.24) is 14.7 Å². The summed E-state index contributed by atoms with van der Waals surface area (Å²) in [5.41, 5.74) is 0.465. The third-order valence-electron chi connectivity index (χ3n) is 6.10. The number of amides is 1. The van der Waals surface area contributed by atoms with E-state index in [1.165, 1.54) is 0 Å². The maximum atomic E-state index is 12.9. The maximum absolute atomic E-state index is 12.9. The van der Waals surface area contributed by atoms with Gasteiger partial charge in [0, 0.05) is 43.2 Å². The summed E-state index contributed by atoms with van der Waals surface area (Å²) in [4.78, 5) is 20.1. The van der Waals surface area contributed by atoms with Gasteiger partial charge in [0.1, 0.15) is 0 Å². The van der Waals surface area contributed by atoms with Gasteiger partial charge in [-0.2, -0.15) is 0 Å². The van der Waals surface area contributed by atoms with Crippen molar-refractivity contribution in [3.8, 4) is 0 Å². The average Bonchev–Trinajstić information content (AvgIpc) is 2.52. The van der Waals surface area contributed by atoms with Crippen LogP contribution in [0, 0.1) is 5.92 Å². The number of likely N-dealkylation sites (tertiary alicyclic amines) is 2. The first kappa shape index (κ1) is 19.7. The van der Waals surface area contributed by atoms with Crippen molar-refractivity contribution in [2.45, 2.75) is 84.3 Å². The van der Waals surface area contributed by atoms with Gasteiger partial charge in [-0.3, -0.25) is 14.6 Å². The van der Waals surface area contributed by atoms with Crippen LogP contribution in [0.4, 0.5) is 0 Å². The van der Waals surface area contributed by atoms with Crippen molar-refractivity contribution in [3.05, 3.63) is 0 Å². The Hall–Kier alpha value is -0.610. The van der Waals surface area contributed by atoms with Crippen molar-refractivity contribution in [2.75, 3.05) is 33.2 Å². The van der Waals surface area contributed by atoms with Gasteiger partial charge in [0.05, 0.1) is 0 Å². The van der Waals surface area contributed by atoms with Crippen molar-refractivity contribution in [3.63, 3.8) is 0 Å². The highest BCUT2D eigenvalue weighted by molar-refractivity contribution is 5.79. The fraction of sp³-hybridized carbons (Fsp3) is 0.950. The van der Waals surface area contributed by atoms with E-state index in [0.717, 1.165) is 51.9 Å². The molecule has 2 aliphatic rings. The molecule has 2 fully saturated rings. The molecule has 0 radical (unpaired) electrons. The van der Waals surface area contributed by atoms with Crippen LogP contribution in [0.3, 0.4) is 0 Å². The number of rotatable bonds is 2. The molecule has 0 bridgehead atoms. The van der Waals surface area contributed by atoms with Gasteiger partial charge in [0.15, 0.2) is 0 Å². The molecule has 0 unspecified atom stereocenters. The molecule has 2 aliphatic heterocycles. The van der Waals surface area contributed by atoms with Gasteiger partial charge in [-0.05, 0) is 80.3 Å². The lowest BCUT2D eigenvalue weighted by atomic mass is 9.90. The Morgan fingerprint density at radius 3 is 1.54 bits per heavy atom. The van der Waals surface area contributed by atoms with E-state index < -0.39 is 0 Å². The summed E-state index contributed by atoms with van der Waals surface area (Å²) in [5.74, 6) is 0.618. The lowest BCUT2D eigenvalue weighted by Gasteiger charge is -2.44. The van der Waals surface area contributed by atoms with Crippen molar-refractivity contribution in [2.24, 2.45) is 5.92 Å². The summed E-state index contributed by atoms with van der Waals surface area (Å²) in [5, 5.41) is 0. The highest BCUT2D eigenvalue weighted by atomic mass is 16.2. The predicted molar refractivity (Wildman–Crippen MR) is 101 cm³/mol. The Morgan fingerprint density at radius 1 is 0.792 bits per heavy atom. The highest BCUT2D eigenvalue weighted by Crippen LogP contribution is 2.27. The average molecular weight is 338 g/mol. The highest BCUT2D eigenvalue weighted by Gasteiger charge is 2.35. The summed E-state index contributed by atoms with van der Waals surface area (Å²) < 4.78 is 0. The van der Waals surface area contributed by atoms with Crippen LogP contribution in [-0.2, 0) is 4.79 Å². The molecular formula is C20H39N3O. The fourth-order valence-electron chi connectivity index (χ4n) is 4.19. The molecule has 1 amide bonds. The molecule has 4 nitrogen and oxygen atoms in total. The molecule has 0 atom stereocenters. The monoisotopic (exact) mass is 337 g/mol. The summed E-state index contributed by atoms with van der Waals surface area (Å²) in [6, 6.07) is 0.428. The topological polar surface area (TPSA) is 26.8 Å². The van der Waals surface area contributed by atoms with Crippen molar-refractivity contribution in [1.29, 1.82) is 0 Å². The SMILES string of the molecule is CN(C(=O)C1CCN(C(C)(C)C)CC1)C1CCN(C(C)(C)C)CC1. The van der Waals surface area contributed by atoms with E-state index in [4.69, 9.17) is 0 Å². The zero-order chi connectivity index (χ0) is 18.1. The Bertz CT molecular complexity index is 419. The zero-order valence-electron chi connectivity index (χ0n) is 17.1. The lowest BCUT2D eigenvalue weighted by molar-refractivity contribution is -0.139. The molecule has 0 aromatic carbocycles. The van der Waals surface area contributed by atoms with Gasteiger partial charge in [0.2, 0.25) is 5.91 Å². The summed E-state index contributed by atoms with van der Waals surface area (Å²) in [7, 11) is 2.04. The second kappa shape index (κ2) is 7.33. The van der Waals surface area contributed by atoms with Crippen LogP contribution in [0.15, 0.2) is 0 Å². The summed E-state index contributed by atoms with van der Waals surface area (Å²) >= 11 is 0. The molecule has 0 aromatic rings. The zero-order valence-corrected chi connectivity index (χ0v) is 17.1. The molecule has 140 valence electrons. The first-order chi connectivity index (χ1) is 11.0. The smallest absolute Gasteiger partial charge is 0.225 e. The van der Waals surface area contributed by atoms with Crippen LogP contribution in [0.2, 0.25) is 0 Å². The number of carbonyl (C=O) groups excluding carboxylic acids is 1. The molecule has 0 N–H and O–H groups in total. The molecular weight excluding hydrogens is 298 g/mol. The van der Waals surface area contributed by atoms with E-state index >= 15 is 0 Å². The molecule has 2 rings (SSSR count). The fourth-order valence-corrected chi connectivity index (χ4v) is 4.19. The molecule has 2 saturated heterocycles. The Morgan fingerprint density at radius 2 is 1.17 bits per heavy atom. The van der Waals surface area contributed by atoms with E-state index in [0.29, 0.717) is 11.9 Å². The minimum atomic E-state index is 0.222. The van der Waals surface area contributed by atoms with E-state index in [2.05, 4.69) is 56.2 Å². The van der Waals surface area contributed by atoms with Gasteiger partial charge in [-0.1, -0.05) is 0 Å². The number of piperidine rings is 2. The quantitative estimate of drug-likeness (QED) is 0.774. The van der Waals surface area contributed by atoms with Crippen molar-refractivity contribution < 1.29 is 4.79 Å². The second-order valence-electron chi connectivity index (χ2n) is 9.77. The van der Waals surface area contributed by atoms with E-state index in [-0.39, 0.29) is 17.0 Å². The molecule has 0 spiro atoms. The first-order valence-corrected chi connectivity index (χ1v) is 9.77. The molecule has 24 heavy (non-hydrogen) atoms. The summed E-state index contributed by atoms with van der Waals surface area (Å²) in [6.07, 6.45) is 4.25. The van der Waals surface area contributed by atoms with Crippen LogP contribution in [0.5, 0.6) is 0 Å². The number of hydrogen-bond acceptors (Lipinski definition) is 3. The lowest BCUT2D eigenvalue weighted by Crippen LogP contribution is -2.53. The minimum Gasteiger partial charge on any atom is -0.342 e. The van der Waals surface area contributed by atoms with Crippen LogP contribution >= 0.6 is 0 Å². The van der Waals surface area contributed by atoms with Crippen LogP contribution in [0.1, 0.15) is 67.2 Å². The van der Waals surface area contributed by atoms with Crippen LogP contribution < -0.4 is 0 Å². The first-order valence-electron chi connectivity index (χ1n) is 9.77. The van der Waals surface area contributed by atoms with Gasteiger partial charge < -0.3 is 4.90 Å². The molecule has 0 saturated carbocycles. The maximum Gasteiger partial charge on any atom is 0.225 e. The number of hydrogen-bond donors (Lipinski definition) is 0.